The molecule has 0 saturated heterocycles. The van der Waals surface area contributed by atoms with Gasteiger partial charge in [-0.1, -0.05) is 52.3 Å². The Hall–Kier alpha value is -2.18. The molecule has 1 N–H and O–H groups in total. The van der Waals surface area contributed by atoms with Gasteiger partial charge in [0.15, 0.2) is 0 Å². The lowest BCUT2D eigenvalue weighted by Gasteiger charge is -2.33. The molecule has 28 heavy (non-hydrogen) atoms. The third-order valence-electron chi connectivity index (χ3n) is 4.85. The standard InChI is InChI=1S/C22H25BrFNO3/c1-4-13-22(27,19-7-5-6-8-20(19)24)14-15-25(21(26)28-3)16(2)17-9-11-18(23)12-10-17/h4-12,16,27H,1,13-15H2,2-3H3. The van der Waals surface area contributed by atoms with Gasteiger partial charge in [0, 0.05) is 16.6 Å². The molecule has 150 valence electrons. The number of rotatable bonds is 8. The van der Waals surface area contributed by atoms with Gasteiger partial charge in [0.2, 0.25) is 0 Å². The highest BCUT2D eigenvalue weighted by Crippen LogP contribution is 2.33. The molecular weight excluding hydrogens is 425 g/mol. The first-order chi connectivity index (χ1) is 13.3. The zero-order valence-electron chi connectivity index (χ0n) is 16.1. The highest BCUT2D eigenvalue weighted by atomic mass is 79.9. The Morgan fingerprint density at radius 1 is 1.32 bits per heavy atom. The van der Waals surface area contributed by atoms with Gasteiger partial charge in [0.05, 0.1) is 18.8 Å². The normalized spacial score (nSPS) is 14.0. The van der Waals surface area contributed by atoms with Gasteiger partial charge in [-0.25, -0.2) is 9.18 Å². The van der Waals surface area contributed by atoms with Crippen molar-refractivity contribution >= 4 is 22.0 Å². The fraction of sp³-hybridized carbons (Fsp3) is 0.318. The van der Waals surface area contributed by atoms with Crippen molar-refractivity contribution in [2.45, 2.75) is 31.4 Å². The molecule has 2 unspecified atom stereocenters. The molecule has 0 heterocycles. The summed E-state index contributed by atoms with van der Waals surface area (Å²) in [4.78, 5) is 13.9. The SMILES string of the molecule is C=CCC(O)(CCN(C(=O)OC)C(C)c1ccc(Br)cc1)c1ccccc1F. The van der Waals surface area contributed by atoms with Crippen LogP contribution in [0.15, 0.2) is 65.7 Å². The van der Waals surface area contributed by atoms with E-state index in [-0.39, 0.29) is 31.0 Å². The molecule has 0 aliphatic carbocycles. The van der Waals surface area contributed by atoms with Crippen LogP contribution in [0.25, 0.3) is 0 Å². The first-order valence-electron chi connectivity index (χ1n) is 9.00. The van der Waals surface area contributed by atoms with Crippen molar-refractivity contribution in [1.82, 2.24) is 4.90 Å². The van der Waals surface area contributed by atoms with Crippen molar-refractivity contribution < 1.29 is 19.0 Å². The predicted molar refractivity (Wildman–Crippen MR) is 111 cm³/mol. The second kappa shape index (κ2) is 9.85. The van der Waals surface area contributed by atoms with Gasteiger partial charge in [-0.15, -0.1) is 6.58 Å². The summed E-state index contributed by atoms with van der Waals surface area (Å²) in [6.45, 7) is 5.75. The van der Waals surface area contributed by atoms with Crippen LogP contribution in [0.5, 0.6) is 0 Å². The van der Waals surface area contributed by atoms with Crippen LogP contribution in [0, 0.1) is 5.82 Å². The quantitative estimate of drug-likeness (QED) is 0.535. The molecule has 1 amide bonds. The summed E-state index contributed by atoms with van der Waals surface area (Å²) in [6, 6.07) is 13.5. The van der Waals surface area contributed by atoms with Gasteiger partial charge in [-0.3, -0.25) is 0 Å². The fourth-order valence-electron chi connectivity index (χ4n) is 3.21. The lowest BCUT2D eigenvalue weighted by atomic mass is 9.86. The van der Waals surface area contributed by atoms with Gasteiger partial charge < -0.3 is 14.7 Å². The van der Waals surface area contributed by atoms with E-state index < -0.39 is 17.5 Å². The average Bonchev–Trinajstić information content (AvgIpc) is 2.68. The van der Waals surface area contributed by atoms with Crippen molar-refractivity contribution in [3.05, 3.63) is 82.6 Å². The first kappa shape index (κ1) is 22.1. The lowest BCUT2D eigenvalue weighted by molar-refractivity contribution is 0.0129. The third-order valence-corrected chi connectivity index (χ3v) is 5.38. The smallest absolute Gasteiger partial charge is 0.409 e. The molecular formula is C22H25BrFNO3. The van der Waals surface area contributed by atoms with E-state index in [2.05, 4.69) is 22.5 Å². The second-order valence-corrected chi connectivity index (χ2v) is 7.56. The summed E-state index contributed by atoms with van der Waals surface area (Å²) in [5, 5.41) is 11.2. The summed E-state index contributed by atoms with van der Waals surface area (Å²) in [5.41, 5.74) is -0.360. The molecule has 4 nitrogen and oxygen atoms in total. The topological polar surface area (TPSA) is 49.8 Å². The van der Waals surface area contributed by atoms with Crippen molar-refractivity contribution in [3.8, 4) is 0 Å². The van der Waals surface area contributed by atoms with Crippen LogP contribution in [0.2, 0.25) is 0 Å². The maximum atomic E-state index is 14.3. The summed E-state index contributed by atoms with van der Waals surface area (Å²) in [7, 11) is 1.32. The molecule has 0 spiro atoms. The first-order valence-corrected chi connectivity index (χ1v) is 9.80. The summed E-state index contributed by atoms with van der Waals surface area (Å²) in [6.07, 6.45) is 1.34. The Morgan fingerprint density at radius 3 is 2.54 bits per heavy atom. The molecule has 0 radical (unpaired) electrons. The van der Waals surface area contributed by atoms with E-state index >= 15 is 0 Å². The predicted octanol–water partition coefficient (Wildman–Crippen LogP) is 5.57. The summed E-state index contributed by atoms with van der Waals surface area (Å²) < 4.78 is 20.2. The minimum Gasteiger partial charge on any atom is -0.453 e. The van der Waals surface area contributed by atoms with E-state index in [1.807, 2.05) is 31.2 Å². The zero-order chi connectivity index (χ0) is 20.7. The Bertz CT molecular complexity index is 812. The van der Waals surface area contributed by atoms with Gasteiger partial charge in [0.1, 0.15) is 5.82 Å². The highest BCUT2D eigenvalue weighted by molar-refractivity contribution is 9.10. The van der Waals surface area contributed by atoms with Gasteiger partial charge in [0.25, 0.3) is 0 Å². The largest absolute Gasteiger partial charge is 0.453 e. The average molecular weight is 450 g/mol. The number of hydrogen-bond donors (Lipinski definition) is 1. The molecule has 2 rings (SSSR count). The van der Waals surface area contributed by atoms with Crippen molar-refractivity contribution in [2.75, 3.05) is 13.7 Å². The molecule has 0 aromatic heterocycles. The molecule has 0 aliphatic rings. The molecule has 2 aromatic carbocycles. The van der Waals surface area contributed by atoms with Crippen LogP contribution in [0.4, 0.5) is 9.18 Å². The van der Waals surface area contributed by atoms with Gasteiger partial charge in [-0.2, -0.15) is 0 Å². The Morgan fingerprint density at radius 2 is 1.96 bits per heavy atom. The Kier molecular flexibility index (Phi) is 7.78. The van der Waals surface area contributed by atoms with Crippen molar-refractivity contribution in [2.24, 2.45) is 0 Å². The van der Waals surface area contributed by atoms with Crippen LogP contribution < -0.4 is 0 Å². The number of amides is 1. The van der Waals surface area contributed by atoms with E-state index in [9.17, 15) is 14.3 Å². The van der Waals surface area contributed by atoms with Gasteiger partial charge >= 0.3 is 6.09 Å². The number of carbonyl (C=O) groups is 1. The fourth-order valence-corrected chi connectivity index (χ4v) is 3.48. The number of carbonyl (C=O) groups excluding carboxylic acids is 1. The van der Waals surface area contributed by atoms with E-state index in [0.717, 1.165) is 10.0 Å². The molecule has 0 fully saturated rings. The number of nitrogens with zero attached hydrogens (tertiary/aromatic N) is 1. The molecule has 0 saturated carbocycles. The second-order valence-electron chi connectivity index (χ2n) is 6.65. The van der Waals surface area contributed by atoms with Crippen LogP contribution in [0.1, 0.15) is 36.9 Å². The monoisotopic (exact) mass is 449 g/mol. The molecule has 2 atom stereocenters. The number of benzene rings is 2. The molecule has 2 aromatic rings. The van der Waals surface area contributed by atoms with Crippen molar-refractivity contribution in [1.29, 1.82) is 0 Å². The summed E-state index contributed by atoms with van der Waals surface area (Å²) in [5.74, 6) is -0.488. The number of ether oxygens (including phenoxy) is 1. The van der Waals surface area contributed by atoms with E-state index in [0.29, 0.717) is 0 Å². The van der Waals surface area contributed by atoms with Crippen molar-refractivity contribution in [3.63, 3.8) is 0 Å². The van der Waals surface area contributed by atoms with Crippen LogP contribution >= 0.6 is 15.9 Å². The minimum atomic E-state index is -1.47. The lowest BCUT2D eigenvalue weighted by Crippen LogP contribution is -2.38. The van der Waals surface area contributed by atoms with Crippen LogP contribution in [0.3, 0.4) is 0 Å². The number of aliphatic hydroxyl groups is 1. The zero-order valence-corrected chi connectivity index (χ0v) is 17.7. The van der Waals surface area contributed by atoms with Gasteiger partial charge in [-0.05, 0) is 43.5 Å². The van der Waals surface area contributed by atoms with Crippen LogP contribution in [-0.4, -0.2) is 29.8 Å². The minimum absolute atomic E-state index is 0.135. The number of hydrogen-bond acceptors (Lipinski definition) is 3. The Balaban J connectivity index is 2.27. The highest BCUT2D eigenvalue weighted by Gasteiger charge is 2.33. The maximum absolute atomic E-state index is 14.3. The van der Waals surface area contributed by atoms with E-state index in [4.69, 9.17) is 4.74 Å². The Labute approximate surface area is 173 Å². The third kappa shape index (κ3) is 5.20. The van der Waals surface area contributed by atoms with E-state index in [1.54, 1.807) is 24.3 Å². The number of halogens is 2. The summed E-state index contributed by atoms with van der Waals surface area (Å²) >= 11 is 3.40. The molecule has 0 bridgehead atoms. The van der Waals surface area contributed by atoms with Crippen LogP contribution in [-0.2, 0) is 10.3 Å². The molecule has 6 heteroatoms. The molecule has 0 aliphatic heterocycles. The maximum Gasteiger partial charge on any atom is 0.409 e. The number of methoxy groups -OCH3 is 1. The van der Waals surface area contributed by atoms with E-state index in [1.165, 1.54) is 18.1 Å².